The summed E-state index contributed by atoms with van der Waals surface area (Å²) in [6.07, 6.45) is 0. The van der Waals surface area contributed by atoms with Crippen LogP contribution in [0, 0.1) is 0 Å². The van der Waals surface area contributed by atoms with Gasteiger partial charge in [0, 0.05) is 26.2 Å². The average Bonchev–Trinajstić information content (AvgIpc) is 1.88. The number of hydrogen-bond donors (Lipinski definition) is 2. The number of piperazine rings is 1. The van der Waals surface area contributed by atoms with Gasteiger partial charge in [0.15, 0.2) is 0 Å². The first-order valence-electron chi connectivity index (χ1n) is 3.22. The molecule has 0 aliphatic carbocycles. The number of nitrogens with two attached hydrogens (primary N) is 1. The molecule has 3 N–H and O–H groups in total. The molecule has 0 aromatic rings. The molecule has 1 fully saturated rings. The molecule has 0 spiro atoms. The Kier molecular flexibility index (Phi) is 8.40. The third-order valence-electron chi connectivity index (χ3n) is 1.30. The van der Waals surface area contributed by atoms with Gasteiger partial charge in [-0.1, -0.05) is 12.2 Å². The van der Waals surface area contributed by atoms with Crippen LogP contribution in [0.4, 0.5) is 0 Å². The minimum Gasteiger partial charge on any atom is -1.00 e. The molecule has 1 aliphatic rings. The molecule has 11 heavy (non-hydrogen) atoms. The molecule has 0 saturated carbocycles. The van der Waals surface area contributed by atoms with E-state index in [1.54, 1.807) is 0 Å². The van der Waals surface area contributed by atoms with Crippen molar-refractivity contribution in [2.45, 2.75) is 0 Å². The van der Waals surface area contributed by atoms with Gasteiger partial charge < -0.3 is 12.5 Å². The van der Waals surface area contributed by atoms with Gasteiger partial charge in [-0.05, 0) is 11.9 Å². The van der Waals surface area contributed by atoms with Crippen molar-refractivity contribution in [1.82, 2.24) is 9.62 Å². The van der Waals surface area contributed by atoms with Crippen molar-refractivity contribution in [1.29, 1.82) is 0 Å². The summed E-state index contributed by atoms with van der Waals surface area (Å²) in [6.45, 7) is 4.13. The number of nitrogens with zero attached hydrogens (tertiary/aromatic N) is 1. The maximum Gasteiger partial charge on any atom is 1.00 e. The molecule has 60 valence electrons. The Morgan fingerprint density at radius 2 is 2.09 bits per heavy atom. The molecule has 1 saturated heterocycles. The average molecular weight is 217 g/mol. The fourth-order valence-electron chi connectivity index (χ4n) is 0.863. The van der Waals surface area contributed by atoms with Crippen LogP contribution in [0.25, 0.3) is 0 Å². The van der Waals surface area contributed by atoms with Gasteiger partial charge in [0.1, 0.15) is 4.32 Å². The summed E-state index contributed by atoms with van der Waals surface area (Å²) in [5.74, 6) is 0. The van der Waals surface area contributed by atoms with E-state index >= 15 is 0 Å². The zero-order chi connectivity index (χ0) is 7.40. The topological polar surface area (TPSA) is 41.3 Å². The maximum absolute atomic E-state index is 5.36. The summed E-state index contributed by atoms with van der Waals surface area (Å²) in [5.41, 5.74) is 5.36. The van der Waals surface area contributed by atoms with Crippen LogP contribution in [0.1, 0.15) is 1.43 Å². The largest absolute Gasteiger partial charge is 1.00 e. The normalized spacial score (nSPS) is 18.9. The zero-order valence-electron chi connectivity index (χ0n) is 7.67. The van der Waals surface area contributed by atoms with E-state index in [2.05, 4.69) is 9.62 Å². The van der Waals surface area contributed by atoms with Gasteiger partial charge >= 0.3 is 51.4 Å². The van der Waals surface area contributed by atoms with E-state index in [1.165, 1.54) is 11.9 Å². The molecule has 1 aliphatic heterocycles. The number of nitrogens with one attached hydrogen (secondary N) is 1. The molecule has 0 bridgehead atoms. The van der Waals surface area contributed by atoms with Crippen molar-refractivity contribution in [3.63, 3.8) is 0 Å². The van der Waals surface area contributed by atoms with Crippen LogP contribution in [0.5, 0.6) is 0 Å². The van der Waals surface area contributed by atoms with Crippen LogP contribution in [0.2, 0.25) is 0 Å². The summed E-state index contributed by atoms with van der Waals surface area (Å²) in [7, 11) is 0. The summed E-state index contributed by atoms with van der Waals surface area (Å²) >= 11 is 6.23. The number of thiocarbonyl (C=S) groups is 1. The molecular weight excluding hydrogens is 205 g/mol. The molecule has 3 nitrogen and oxygen atoms in total. The van der Waals surface area contributed by atoms with Crippen molar-refractivity contribution in [3.8, 4) is 0 Å². The molecule has 0 atom stereocenters. The quantitative estimate of drug-likeness (QED) is 0.277. The summed E-state index contributed by atoms with van der Waals surface area (Å²) in [6, 6.07) is 0. The Labute approximate surface area is 121 Å². The smallest absolute Gasteiger partial charge is 1.00 e. The predicted octanol–water partition coefficient (Wildman–Crippen LogP) is -3.10. The zero-order valence-corrected chi connectivity index (χ0v) is 11.4. The van der Waals surface area contributed by atoms with Gasteiger partial charge in [0.2, 0.25) is 0 Å². The van der Waals surface area contributed by atoms with Gasteiger partial charge in [-0.3, -0.25) is 0 Å². The van der Waals surface area contributed by atoms with Crippen molar-refractivity contribution in [2.24, 2.45) is 5.73 Å². The summed E-state index contributed by atoms with van der Waals surface area (Å²) in [4.78, 5) is 0. The number of hydrogen-bond acceptors (Lipinski definition) is 4. The van der Waals surface area contributed by atoms with Crippen LogP contribution in [-0.4, -0.2) is 34.8 Å². The second kappa shape index (κ2) is 7.22. The molecule has 1 rings (SSSR count). The van der Waals surface area contributed by atoms with Crippen LogP contribution in [0.15, 0.2) is 0 Å². The Balaban J connectivity index is 0. The molecule has 0 unspecified atom stereocenters. The maximum atomic E-state index is 5.36. The summed E-state index contributed by atoms with van der Waals surface area (Å²) in [5, 5.41) is 3.25. The van der Waals surface area contributed by atoms with Crippen LogP contribution >= 0.6 is 24.2 Å². The van der Waals surface area contributed by atoms with E-state index < -0.39 is 0 Å². The first-order valence-corrected chi connectivity index (χ1v) is 4.40. The molecule has 0 aromatic heterocycles. The van der Waals surface area contributed by atoms with Gasteiger partial charge in [-0.15, -0.1) is 0 Å². The Hall–Kier alpha value is 1.80. The van der Waals surface area contributed by atoms with E-state index in [0.29, 0.717) is 4.32 Å². The first-order chi connectivity index (χ1) is 4.79. The third kappa shape index (κ3) is 5.95. The minimum absolute atomic E-state index is 0. The fourth-order valence-corrected chi connectivity index (χ4v) is 1.80. The third-order valence-corrected chi connectivity index (χ3v) is 2.32. The SMILES string of the molecule is NC(=S)SN1CCNCC1.[H-].[K+]. The van der Waals surface area contributed by atoms with Crippen LogP contribution in [-0.2, 0) is 0 Å². The number of rotatable bonds is 1. The van der Waals surface area contributed by atoms with Gasteiger partial charge in [-0.25, -0.2) is 4.31 Å². The van der Waals surface area contributed by atoms with E-state index in [0.717, 1.165) is 26.2 Å². The Morgan fingerprint density at radius 1 is 1.55 bits per heavy atom. The standard InChI is InChI=1S/C5H11N3S2.K.H/c6-5(9)10-8-3-1-7-2-4-8;;/h7H,1-4H2,(H2,6,9);;/q;+1;-1. The Morgan fingerprint density at radius 3 is 2.55 bits per heavy atom. The predicted molar refractivity (Wildman–Crippen MR) is 49.9 cm³/mol. The second-order valence-corrected chi connectivity index (χ2v) is 3.93. The van der Waals surface area contributed by atoms with E-state index in [1.807, 2.05) is 0 Å². The minimum atomic E-state index is 0. The van der Waals surface area contributed by atoms with Gasteiger partial charge in [-0.2, -0.15) is 0 Å². The van der Waals surface area contributed by atoms with Crippen molar-refractivity contribution >= 4 is 28.5 Å². The molecule has 0 amide bonds. The Bertz CT molecular complexity index is 132. The molecule has 6 heteroatoms. The first kappa shape index (κ1) is 12.8. The van der Waals surface area contributed by atoms with Crippen molar-refractivity contribution in [3.05, 3.63) is 0 Å². The van der Waals surface area contributed by atoms with E-state index in [9.17, 15) is 0 Å². The van der Waals surface area contributed by atoms with Crippen LogP contribution in [0.3, 0.4) is 0 Å². The van der Waals surface area contributed by atoms with Crippen molar-refractivity contribution < 1.29 is 52.8 Å². The molecule has 1 heterocycles. The van der Waals surface area contributed by atoms with Crippen molar-refractivity contribution in [2.75, 3.05) is 26.2 Å². The van der Waals surface area contributed by atoms with E-state index in [4.69, 9.17) is 18.0 Å². The van der Waals surface area contributed by atoms with Gasteiger partial charge in [0.25, 0.3) is 0 Å². The second-order valence-electron chi connectivity index (χ2n) is 2.09. The van der Waals surface area contributed by atoms with Gasteiger partial charge in [0.05, 0.1) is 0 Å². The monoisotopic (exact) mass is 217 g/mol. The molecule has 0 aromatic carbocycles. The fraction of sp³-hybridized carbons (Fsp3) is 0.800. The van der Waals surface area contributed by atoms with E-state index in [-0.39, 0.29) is 52.8 Å². The summed E-state index contributed by atoms with van der Waals surface area (Å²) < 4.78 is 2.70. The van der Waals surface area contributed by atoms with Crippen LogP contribution < -0.4 is 62.4 Å². The molecule has 0 radical (unpaired) electrons. The molecular formula is C5H12KN3S2.